The molecular weight excluding hydrogens is 296 g/mol. The van der Waals surface area contributed by atoms with Gasteiger partial charge in [-0.2, -0.15) is 5.10 Å². The maximum atomic E-state index is 12.0. The van der Waals surface area contributed by atoms with E-state index in [0.29, 0.717) is 6.54 Å². The third-order valence-electron chi connectivity index (χ3n) is 3.24. The van der Waals surface area contributed by atoms with Gasteiger partial charge in [0.2, 0.25) is 0 Å². The van der Waals surface area contributed by atoms with E-state index in [1.54, 1.807) is 17.1 Å². The van der Waals surface area contributed by atoms with E-state index in [0.717, 1.165) is 26.6 Å². The highest BCUT2D eigenvalue weighted by atomic mass is 32.1. The number of thiophene rings is 1. The van der Waals surface area contributed by atoms with Gasteiger partial charge in [0, 0.05) is 36.4 Å². The van der Waals surface area contributed by atoms with Crippen LogP contribution < -0.4 is 5.32 Å². The minimum Gasteiger partial charge on any atom is -0.347 e. The number of carbonyl (C=O) groups excluding carboxylic acids is 1. The van der Waals surface area contributed by atoms with Gasteiger partial charge in [0.25, 0.3) is 5.91 Å². The Labute approximate surface area is 132 Å². The summed E-state index contributed by atoms with van der Waals surface area (Å²) in [5.74, 6) is -0.0468. The quantitative estimate of drug-likeness (QED) is 0.806. The van der Waals surface area contributed by atoms with Gasteiger partial charge >= 0.3 is 0 Å². The highest BCUT2D eigenvalue weighted by molar-refractivity contribution is 7.13. The fraction of sp³-hybridized carbons (Fsp3) is 0.188. The van der Waals surface area contributed by atoms with Crippen LogP contribution in [0.15, 0.2) is 42.9 Å². The summed E-state index contributed by atoms with van der Waals surface area (Å²) in [6.07, 6.45) is 5.48. The van der Waals surface area contributed by atoms with E-state index in [1.807, 2.05) is 44.4 Å². The molecule has 0 aliphatic heterocycles. The van der Waals surface area contributed by atoms with Crippen LogP contribution in [0.1, 0.15) is 20.1 Å². The van der Waals surface area contributed by atoms with E-state index in [-0.39, 0.29) is 5.91 Å². The first-order valence-corrected chi connectivity index (χ1v) is 7.72. The van der Waals surface area contributed by atoms with Crippen LogP contribution in [-0.4, -0.2) is 20.7 Å². The van der Waals surface area contributed by atoms with Crippen LogP contribution in [0.4, 0.5) is 0 Å². The first kappa shape index (κ1) is 14.5. The molecule has 0 atom stereocenters. The molecule has 1 N–H and O–H groups in total. The molecule has 1 amide bonds. The lowest BCUT2D eigenvalue weighted by molar-refractivity contribution is 0.0955. The molecule has 0 radical (unpaired) electrons. The number of rotatable bonds is 4. The Balaban J connectivity index is 1.63. The highest BCUT2D eigenvalue weighted by Gasteiger charge is 2.08. The van der Waals surface area contributed by atoms with Crippen molar-refractivity contribution in [2.24, 2.45) is 7.05 Å². The summed E-state index contributed by atoms with van der Waals surface area (Å²) in [6.45, 7) is 2.46. The van der Waals surface area contributed by atoms with Gasteiger partial charge < -0.3 is 5.32 Å². The average molecular weight is 312 g/mol. The summed E-state index contributed by atoms with van der Waals surface area (Å²) in [5.41, 5.74) is 2.82. The highest BCUT2D eigenvalue weighted by Crippen LogP contribution is 2.16. The molecule has 3 aromatic rings. The molecule has 5 nitrogen and oxygen atoms in total. The van der Waals surface area contributed by atoms with Crippen LogP contribution in [0.25, 0.3) is 11.3 Å². The summed E-state index contributed by atoms with van der Waals surface area (Å²) in [5, 5.41) is 7.04. The minimum absolute atomic E-state index is 0.0468. The van der Waals surface area contributed by atoms with Crippen LogP contribution in [0, 0.1) is 6.92 Å². The molecule has 3 aromatic heterocycles. The number of nitrogens with one attached hydrogen (secondary N) is 1. The number of pyridine rings is 1. The summed E-state index contributed by atoms with van der Waals surface area (Å²) in [6, 6.07) is 7.70. The second-order valence-electron chi connectivity index (χ2n) is 5.05. The fourth-order valence-electron chi connectivity index (χ4n) is 2.08. The van der Waals surface area contributed by atoms with Gasteiger partial charge in [0.15, 0.2) is 0 Å². The second kappa shape index (κ2) is 6.11. The van der Waals surface area contributed by atoms with Crippen molar-refractivity contribution in [1.29, 1.82) is 0 Å². The lowest BCUT2D eigenvalue weighted by atomic mass is 10.2. The summed E-state index contributed by atoms with van der Waals surface area (Å²) >= 11 is 1.50. The number of amides is 1. The normalized spacial score (nSPS) is 10.6. The molecule has 3 heterocycles. The van der Waals surface area contributed by atoms with Crippen LogP contribution >= 0.6 is 11.3 Å². The first-order chi connectivity index (χ1) is 10.6. The Hall–Kier alpha value is -2.47. The largest absolute Gasteiger partial charge is 0.347 e. The van der Waals surface area contributed by atoms with Gasteiger partial charge in [-0.15, -0.1) is 11.3 Å². The third kappa shape index (κ3) is 3.23. The summed E-state index contributed by atoms with van der Waals surface area (Å²) < 4.78 is 1.74. The van der Waals surface area contributed by atoms with E-state index in [1.165, 1.54) is 11.3 Å². The predicted octanol–water partition coefficient (Wildman–Crippen LogP) is 2.78. The molecule has 0 saturated heterocycles. The van der Waals surface area contributed by atoms with Crippen LogP contribution in [0.2, 0.25) is 0 Å². The monoisotopic (exact) mass is 312 g/mol. The van der Waals surface area contributed by atoms with Gasteiger partial charge in [0.05, 0.1) is 16.8 Å². The van der Waals surface area contributed by atoms with Crippen molar-refractivity contribution in [3.63, 3.8) is 0 Å². The molecule has 0 saturated carbocycles. The van der Waals surface area contributed by atoms with Crippen LogP contribution in [0.3, 0.4) is 0 Å². The molecule has 0 aliphatic carbocycles. The van der Waals surface area contributed by atoms with Crippen molar-refractivity contribution < 1.29 is 4.79 Å². The molecule has 112 valence electrons. The zero-order valence-electron chi connectivity index (χ0n) is 12.4. The standard InChI is InChI=1S/C16H16N4OS/c1-11-3-6-15(22-11)16(21)18-8-12-4-5-14(17-7-12)13-9-19-20(2)10-13/h3-7,9-10H,8H2,1-2H3,(H,18,21). The average Bonchev–Trinajstić information content (AvgIpc) is 3.14. The smallest absolute Gasteiger partial charge is 0.261 e. The maximum Gasteiger partial charge on any atom is 0.261 e. The Morgan fingerprint density at radius 3 is 2.73 bits per heavy atom. The Bertz CT molecular complexity index is 789. The van der Waals surface area contributed by atoms with Crippen LogP contribution in [-0.2, 0) is 13.6 Å². The number of aryl methyl sites for hydroxylation is 2. The SMILES string of the molecule is Cc1ccc(C(=O)NCc2ccc(-c3cnn(C)c3)nc2)s1. The molecule has 0 unspecified atom stereocenters. The van der Waals surface area contributed by atoms with E-state index in [2.05, 4.69) is 15.4 Å². The molecule has 22 heavy (non-hydrogen) atoms. The summed E-state index contributed by atoms with van der Waals surface area (Å²) in [4.78, 5) is 18.3. The molecular formula is C16H16N4OS. The van der Waals surface area contributed by atoms with Gasteiger partial charge in [-0.3, -0.25) is 14.5 Å². The topological polar surface area (TPSA) is 59.8 Å². The van der Waals surface area contributed by atoms with Gasteiger partial charge in [-0.05, 0) is 30.7 Å². The maximum absolute atomic E-state index is 12.0. The molecule has 0 bridgehead atoms. The van der Waals surface area contributed by atoms with Crippen molar-refractivity contribution in [1.82, 2.24) is 20.1 Å². The van der Waals surface area contributed by atoms with Crippen molar-refractivity contribution in [3.05, 3.63) is 58.2 Å². The van der Waals surface area contributed by atoms with E-state index in [9.17, 15) is 4.79 Å². The summed E-state index contributed by atoms with van der Waals surface area (Å²) in [7, 11) is 1.87. The van der Waals surface area contributed by atoms with E-state index < -0.39 is 0 Å². The lowest BCUT2D eigenvalue weighted by Crippen LogP contribution is -2.21. The molecule has 0 aliphatic rings. The zero-order chi connectivity index (χ0) is 15.5. The van der Waals surface area contributed by atoms with Gasteiger partial charge in [0.1, 0.15) is 0 Å². The Morgan fingerprint density at radius 1 is 1.27 bits per heavy atom. The Kier molecular flexibility index (Phi) is 4.02. The fourth-order valence-corrected chi connectivity index (χ4v) is 2.86. The predicted molar refractivity (Wildman–Crippen MR) is 86.7 cm³/mol. The number of hydrogen-bond donors (Lipinski definition) is 1. The number of carbonyl (C=O) groups is 1. The van der Waals surface area contributed by atoms with Crippen molar-refractivity contribution in [2.45, 2.75) is 13.5 Å². The van der Waals surface area contributed by atoms with Gasteiger partial charge in [-0.1, -0.05) is 6.07 Å². The van der Waals surface area contributed by atoms with Crippen molar-refractivity contribution in [3.8, 4) is 11.3 Å². The van der Waals surface area contributed by atoms with Crippen molar-refractivity contribution in [2.75, 3.05) is 0 Å². The van der Waals surface area contributed by atoms with E-state index >= 15 is 0 Å². The lowest BCUT2D eigenvalue weighted by Gasteiger charge is -2.04. The molecule has 0 fully saturated rings. The van der Waals surface area contributed by atoms with Gasteiger partial charge in [-0.25, -0.2) is 0 Å². The number of hydrogen-bond acceptors (Lipinski definition) is 4. The molecule has 6 heteroatoms. The number of nitrogens with zero attached hydrogens (tertiary/aromatic N) is 3. The first-order valence-electron chi connectivity index (χ1n) is 6.90. The molecule has 0 aromatic carbocycles. The van der Waals surface area contributed by atoms with Crippen LogP contribution in [0.5, 0.6) is 0 Å². The van der Waals surface area contributed by atoms with Crippen molar-refractivity contribution >= 4 is 17.2 Å². The minimum atomic E-state index is -0.0468. The second-order valence-corrected chi connectivity index (χ2v) is 6.34. The molecule has 0 spiro atoms. The van der Waals surface area contributed by atoms with E-state index in [4.69, 9.17) is 0 Å². The zero-order valence-corrected chi connectivity index (χ0v) is 13.2. The molecule has 3 rings (SSSR count). The third-order valence-corrected chi connectivity index (χ3v) is 4.24. The number of aromatic nitrogens is 3. The Morgan fingerprint density at radius 2 is 2.14 bits per heavy atom.